The zero-order valence-electron chi connectivity index (χ0n) is 16.4. The summed E-state index contributed by atoms with van der Waals surface area (Å²) < 4.78 is 100. The van der Waals surface area contributed by atoms with Crippen molar-refractivity contribution in [3.63, 3.8) is 0 Å². The van der Waals surface area contributed by atoms with Crippen molar-refractivity contribution in [1.82, 2.24) is 0 Å². The molecular formula is C14H12Na3O9PS3. The second-order valence-electron chi connectivity index (χ2n) is 5.32. The minimum atomic E-state index is -4.78. The van der Waals surface area contributed by atoms with Gasteiger partial charge in [-0.3, -0.25) is 0 Å². The van der Waals surface area contributed by atoms with Gasteiger partial charge in [-0.05, 0) is 49.0 Å². The fourth-order valence-corrected chi connectivity index (χ4v) is 6.99. The maximum Gasteiger partial charge on any atom is 1.00 e. The van der Waals surface area contributed by atoms with E-state index in [-0.39, 0.29) is 105 Å². The van der Waals surface area contributed by atoms with Gasteiger partial charge in [0.1, 0.15) is 20.2 Å². The molecule has 148 valence electrons. The molecule has 0 saturated heterocycles. The monoisotopic (exact) mass is 520 g/mol. The molecule has 0 aliphatic carbocycles. The van der Waals surface area contributed by atoms with Gasteiger partial charge in [-0.1, -0.05) is 24.3 Å². The van der Waals surface area contributed by atoms with Crippen molar-refractivity contribution in [3.05, 3.63) is 48.5 Å². The quantitative estimate of drug-likeness (QED) is 0.195. The minimum Gasteiger partial charge on any atom is -0.748 e. The molecule has 16 heteroatoms. The summed E-state index contributed by atoms with van der Waals surface area (Å²) in [5, 5.41) is 0.483. The molecule has 2 aromatic carbocycles. The van der Waals surface area contributed by atoms with Crippen LogP contribution in [-0.2, 0) is 30.4 Å². The van der Waals surface area contributed by atoms with Gasteiger partial charge in [-0.15, -0.1) is 0 Å². The summed E-state index contributed by atoms with van der Waals surface area (Å²) in [5.74, 6) is -0.790. The van der Waals surface area contributed by atoms with E-state index in [2.05, 4.69) is 0 Å². The van der Waals surface area contributed by atoms with Gasteiger partial charge in [0.15, 0.2) is 0 Å². The average Bonchev–Trinajstić information content (AvgIpc) is 2.53. The Balaban J connectivity index is 0. The second kappa shape index (κ2) is 13.5. The van der Waals surface area contributed by atoms with Crippen LogP contribution in [0.4, 0.5) is 0 Å². The molecule has 0 aliphatic rings. The smallest absolute Gasteiger partial charge is 0.748 e. The molecule has 0 unspecified atom stereocenters. The van der Waals surface area contributed by atoms with Crippen LogP contribution in [0.3, 0.4) is 0 Å². The first-order valence-corrected chi connectivity index (χ1v) is 13.0. The summed E-state index contributed by atoms with van der Waals surface area (Å²) in [7, 11) is -15.9. The van der Waals surface area contributed by atoms with Crippen LogP contribution in [0, 0.1) is 0 Å². The Morgan fingerprint density at radius 1 is 0.667 bits per heavy atom. The Bertz CT molecular complexity index is 1090. The molecule has 0 aromatic heterocycles. The van der Waals surface area contributed by atoms with Crippen molar-refractivity contribution < 1.29 is 128 Å². The fraction of sp³-hybridized carbons (Fsp3) is 0.143. The zero-order chi connectivity index (χ0) is 20.5. The third-order valence-electron chi connectivity index (χ3n) is 3.40. The topological polar surface area (TPSA) is 172 Å². The molecule has 0 heterocycles. The summed E-state index contributed by atoms with van der Waals surface area (Å²) in [4.78, 5) is -1.10. The normalized spacial score (nSPS) is 11.7. The van der Waals surface area contributed by atoms with Gasteiger partial charge in [-0.2, -0.15) is 0 Å². The molecule has 0 aliphatic heterocycles. The van der Waals surface area contributed by atoms with E-state index >= 15 is 0 Å². The van der Waals surface area contributed by atoms with E-state index in [1.54, 1.807) is 0 Å². The van der Waals surface area contributed by atoms with Crippen molar-refractivity contribution >= 4 is 48.9 Å². The zero-order valence-corrected chi connectivity index (χ0v) is 25.7. The first kappa shape index (κ1) is 33.8. The van der Waals surface area contributed by atoms with Gasteiger partial charge >= 0.3 is 88.7 Å². The van der Waals surface area contributed by atoms with Crippen molar-refractivity contribution in [2.45, 2.75) is 9.79 Å². The van der Waals surface area contributed by atoms with E-state index < -0.39 is 53.8 Å². The third-order valence-corrected chi connectivity index (χ3v) is 8.54. The Morgan fingerprint density at radius 2 is 1.03 bits per heavy atom. The summed E-state index contributed by atoms with van der Waals surface area (Å²) >= 11 is 0. The van der Waals surface area contributed by atoms with Crippen LogP contribution in [0.15, 0.2) is 58.3 Å². The number of benzene rings is 2. The average molecular weight is 520 g/mol. The van der Waals surface area contributed by atoms with Crippen LogP contribution in [-0.4, -0.2) is 50.8 Å². The van der Waals surface area contributed by atoms with Gasteiger partial charge in [-0.25, -0.2) is 25.3 Å². The standard InChI is InChI=1S/C14H15O9PS3.3Na/c15-25(16,17)8-7-24(11-3-1-5-13(9-11)26(18,19)20)12-4-2-6-14(10-12)27(21,22)23;;;/h1-6,9-10H,7-8H2,(H,15,16,17)(H,18,19,20)(H,21,22,23);;;/q;3*+1/p-3. The molecular weight excluding hydrogens is 508 g/mol. The van der Waals surface area contributed by atoms with Gasteiger partial charge in [0.2, 0.25) is 0 Å². The van der Waals surface area contributed by atoms with Crippen LogP contribution < -0.4 is 99.3 Å². The molecule has 0 amide bonds. The Morgan fingerprint density at radius 3 is 1.33 bits per heavy atom. The van der Waals surface area contributed by atoms with Crippen molar-refractivity contribution in [2.24, 2.45) is 0 Å². The molecule has 0 bridgehead atoms. The molecule has 0 N–H and O–H groups in total. The number of hydrogen-bond acceptors (Lipinski definition) is 9. The first-order chi connectivity index (χ1) is 12.3. The van der Waals surface area contributed by atoms with Crippen LogP contribution in [0.5, 0.6) is 0 Å². The van der Waals surface area contributed by atoms with Gasteiger partial charge in [0.05, 0.1) is 19.9 Å². The predicted octanol–water partition coefficient (Wildman–Crippen LogP) is -9.52. The van der Waals surface area contributed by atoms with E-state index in [1.807, 2.05) is 0 Å². The third kappa shape index (κ3) is 10.7. The van der Waals surface area contributed by atoms with Crippen LogP contribution >= 0.6 is 7.92 Å². The summed E-state index contributed by atoms with van der Waals surface area (Å²) in [6.07, 6.45) is -0.244. The van der Waals surface area contributed by atoms with Gasteiger partial charge in [0, 0.05) is 5.75 Å². The Kier molecular flexibility index (Phi) is 15.2. The van der Waals surface area contributed by atoms with Crippen molar-refractivity contribution in [3.8, 4) is 0 Å². The van der Waals surface area contributed by atoms with Crippen molar-refractivity contribution in [2.75, 3.05) is 11.9 Å². The molecule has 2 rings (SSSR count). The van der Waals surface area contributed by atoms with E-state index in [0.29, 0.717) is 0 Å². The van der Waals surface area contributed by atoms with Crippen LogP contribution in [0.25, 0.3) is 0 Å². The fourth-order valence-electron chi connectivity index (χ4n) is 2.22. The maximum absolute atomic E-state index is 11.2. The summed E-state index contributed by atoms with van der Waals surface area (Å²) in [6, 6.07) is 9.61. The summed E-state index contributed by atoms with van der Waals surface area (Å²) in [6.45, 7) is 0. The van der Waals surface area contributed by atoms with E-state index in [0.717, 1.165) is 24.3 Å². The molecule has 0 saturated carbocycles. The second-order valence-corrected chi connectivity index (χ2v) is 11.9. The molecule has 0 radical (unpaired) electrons. The molecule has 9 nitrogen and oxygen atoms in total. The largest absolute Gasteiger partial charge is 1.00 e. The van der Waals surface area contributed by atoms with Gasteiger partial charge in [0.25, 0.3) is 0 Å². The minimum absolute atomic E-state index is 0. The molecule has 30 heavy (non-hydrogen) atoms. The molecule has 0 atom stereocenters. The SMILES string of the molecule is O=S(=O)([O-])CCP(c1cccc(S(=O)(=O)[O-])c1)c1cccc(S(=O)(=O)[O-])c1.[Na+].[Na+].[Na+]. The Hall–Kier alpha value is 1.60. The predicted molar refractivity (Wildman–Crippen MR) is 94.4 cm³/mol. The van der Waals surface area contributed by atoms with Crippen LogP contribution in [0.1, 0.15) is 0 Å². The van der Waals surface area contributed by atoms with Gasteiger partial charge < -0.3 is 13.7 Å². The Labute approximate surface area is 243 Å². The van der Waals surface area contributed by atoms with E-state index in [4.69, 9.17) is 0 Å². The van der Waals surface area contributed by atoms with Crippen molar-refractivity contribution in [1.29, 1.82) is 0 Å². The molecule has 0 spiro atoms. The first-order valence-electron chi connectivity index (χ1n) is 7.10. The maximum atomic E-state index is 11.2. The summed E-state index contributed by atoms with van der Waals surface area (Å²) in [5.41, 5.74) is 0. The number of rotatable bonds is 7. The van der Waals surface area contributed by atoms with E-state index in [1.165, 1.54) is 24.3 Å². The molecule has 2 aromatic rings. The number of hydrogen-bond donors (Lipinski definition) is 0. The van der Waals surface area contributed by atoms with E-state index in [9.17, 15) is 38.9 Å². The van der Waals surface area contributed by atoms with Crippen LogP contribution in [0.2, 0.25) is 0 Å². The molecule has 0 fully saturated rings.